The van der Waals surface area contributed by atoms with E-state index in [0.29, 0.717) is 36.6 Å². The second-order valence-corrected chi connectivity index (χ2v) is 14.2. The van der Waals surface area contributed by atoms with Crippen molar-refractivity contribution in [3.8, 4) is 0 Å². The summed E-state index contributed by atoms with van der Waals surface area (Å²) in [5.74, 6) is 0.0160. The van der Waals surface area contributed by atoms with Crippen molar-refractivity contribution in [3.05, 3.63) is 101 Å². The van der Waals surface area contributed by atoms with E-state index < -0.39 is 16.1 Å². The molecule has 0 bridgehead atoms. The van der Waals surface area contributed by atoms with Crippen LogP contribution in [0, 0.1) is 12.8 Å². The molecule has 1 aromatic heterocycles. The van der Waals surface area contributed by atoms with E-state index in [4.69, 9.17) is 0 Å². The first-order valence-corrected chi connectivity index (χ1v) is 17.2. The highest BCUT2D eigenvalue weighted by molar-refractivity contribution is 7.92. The molecule has 0 fully saturated rings. The second kappa shape index (κ2) is 13.1. The largest absolute Gasteiger partial charge is 0.393 e. The Hall–Kier alpha value is -3.42. The number of aliphatic hydroxyl groups is 1. The fraction of sp³-hybridized carbons (Fsp3) is 0.417. The van der Waals surface area contributed by atoms with Gasteiger partial charge in [0.15, 0.2) is 5.78 Å². The van der Waals surface area contributed by atoms with Gasteiger partial charge in [0, 0.05) is 37.2 Å². The normalized spacial score (nSPS) is 16.5. The van der Waals surface area contributed by atoms with Crippen LogP contribution in [0.2, 0.25) is 0 Å². The Kier molecular flexibility index (Phi) is 9.42. The van der Waals surface area contributed by atoms with Gasteiger partial charge in [0.05, 0.1) is 23.1 Å². The monoisotopic (exact) mass is 600 g/mol. The van der Waals surface area contributed by atoms with Crippen molar-refractivity contribution >= 4 is 32.4 Å². The average Bonchev–Trinajstić information content (AvgIpc) is 3.33. The zero-order valence-corrected chi connectivity index (χ0v) is 26.6. The van der Waals surface area contributed by atoms with Gasteiger partial charge < -0.3 is 9.67 Å². The highest BCUT2D eigenvalue weighted by Crippen LogP contribution is 2.37. The number of ketones is 1. The minimum atomic E-state index is -3.50. The molecule has 0 aliphatic carbocycles. The van der Waals surface area contributed by atoms with Crippen LogP contribution in [0.25, 0.3) is 10.9 Å². The molecular formula is C36H44N2O4S. The van der Waals surface area contributed by atoms with Gasteiger partial charge in [-0.05, 0) is 79.7 Å². The highest BCUT2D eigenvalue weighted by Gasteiger charge is 2.30. The van der Waals surface area contributed by atoms with Gasteiger partial charge in [0.2, 0.25) is 10.0 Å². The summed E-state index contributed by atoms with van der Waals surface area (Å²) in [7, 11) is -1.93. The van der Waals surface area contributed by atoms with Crippen LogP contribution in [-0.4, -0.2) is 42.8 Å². The van der Waals surface area contributed by atoms with Crippen LogP contribution in [0.4, 0.5) is 5.69 Å². The average molecular weight is 601 g/mol. The van der Waals surface area contributed by atoms with Gasteiger partial charge >= 0.3 is 0 Å². The molecule has 0 saturated heterocycles. The smallest absolute Gasteiger partial charge is 0.236 e. The number of rotatable bonds is 12. The molecule has 0 radical (unpaired) electrons. The number of sulfonamides is 1. The third kappa shape index (κ3) is 6.73. The number of Topliss-reactive ketones (excluding diaryl/α,β-unsaturated/α-hetero) is 1. The molecule has 0 saturated carbocycles. The third-order valence-electron chi connectivity index (χ3n) is 9.23. The van der Waals surface area contributed by atoms with Crippen molar-refractivity contribution in [2.45, 2.75) is 77.9 Å². The highest BCUT2D eigenvalue weighted by atomic mass is 32.2. The SMILES string of the molecule is CCc1cn2c3c(cc(C(=O)C[C@@H](Cc4ccccc4)[C@H](O)CC[C@H](CC)c4cccc(C)c4)cc13)N(C)S(=O)(=O)CC2. The van der Waals surface area contributed by atoms with Crippen molar-refractivity contribution in [1.82, 2.24) is 4.57 Å². The molecule has 2 heterocycles. The molecule has 6 nitrogen and oxygen atoms in total. The predicted molar refractivity (Wildman–Crippen MR) is 176 cm³/mol. The summed E-state index contributed by atoms with van der Waals surface area (Å²) in [6.07, 6.45) is 5.36. The van der Waals surface area contributed by atoms with Gasteiger partial charge in [-0.3, -0.25) is 9.10 Å². The van der Waals surface area contributed by atoms with Crippen LogP contribution in [0.3, 0.4) is 0 Å². The van der Waals surface area contributed by atoms with E-state index in [0.717, 1.165) is 41.3 Å². The Bertz CT molecular complexity index is 1690. The van der Waals surface area contributed by atoms with Gasteiger partial charge in [-0.2, -0.15) is 0 Å². The number of aromatic nitrogens is 1. The summed E-state index contributed by atoms with van der Waals surface area (Å²) in [5, 5.41) is 12.5. The van der Waals surface area contributed by atoms with Crippen LogP contribution < -0.4 is 4.31 Å². The van der Waals surface area contributed by atoms with Crippen LogP contribution in [0.5, 0.6) is 0 Å². The zero-order chi connectivity index (χ0) is 30.7. The summed E-state index contributed by atoms with van der Waals surface area (Å²) < 4.78 is 29.3. The molecule has 1 aliphatic rings. The molecule has 7 heteroatoms. The summed E-state index contributed by atoms with van der Waals surface area (Å²) in [6.45, 7) is 6.75. The Morgan fingerprint density at radius 2 is 1.77 bits per heavy atom. The van der Waals surface area contributed by atoms with E-state index in [-0.39, 0.29) is 23.9 Å². The standard InChI is InChI=1S/C36H44N2O4S/c1-5-27(29-14-10-11-25(3)19-29)15-16-34(39)30(20-26-12-8-7-9-13-26)23-35(40)31-21-32-28(6-2)24-38-17-18-43(41,42)37(4)33(22-31)36(32)38/h7-14,19,21-22,24,27,30,34,39H,5-6,15-18,20,23H2,1-4H3/t27-,30+,34+/m0/s1. The van der Waals surface area contributed by atoms with Gasteiger partial charge in [0.25, 0.3) is 0 Å². The molecular weight excluding hydrogens is 556 g/mol. The number of carbonyl (C=O) groups excluding carboxylic acids is 1. The molecule has 0 spiro atoms. The number of aryl methyl sites for hydroxylation is 3. The third-order valence-corrected chi connectivity index (χ3v) is 11.0. The first-order chi connectivity index (χ1) is 20.6. The molecule has 43 heavy (non-hydrogen) atoms. The maximum absolute atomic E-state index is 14.0. The van der Waals surface area contributed by atoms with Crippen molar-refractivity contribution in [2.24, 2.45) is 5.92 Å². The van der Waals surface area contributed by atoms with Gasteiger partial charge in [0.1, 0.15) is 0 Å². The van der Waals surface area contributed by atoms with Crippen molar-refractivity contribution in [1.29, 1.82) is 0 Å². The number of nitrogens with zero attached hydrogens (tertiary/aromatic N) is 2. The second-order valence-electron chi connectivity index (χ2n) is 12.1. The zero-order valence-electron chi connectivity index (χ0n) is 25.8. The molecule has 0 amide bonds. The Balaban J connectivity index is 1.43. The van der Waals surface area contributed by atoms with Gasteiger partial charge in [-0.25, -0.2) is 8.42 Å². The summed E-state index contributed by atoms with van der Waals surface area (Å²) in [6, 6.07) is 22.3. The topological polar surface area (TPSA) is 79.6 Å². The van der Waals surface area contributed by atoms with E-state index in [1.54, 1.807) is 13.1 Å². The number of hydrogen-bond acceptors (Lipinski definition) is 4. The van der Waals surface area contributed by atoms with Crippen LogP contribution >= 0.6 is 0 Å². The lowest BCUT2D eigenvalue weighted by molar-refractivity contribution is 0.0737. The fourth-order valence-electron chi connectivity index (χ4n) is 6.60. The maximum Gasteiger partial charge on any atom is 0.236 e. The first-order valence-electron chi connectivity index (χ1n) is 15.5. The summed E-state index contributed by atoms with van der Waals surface area (Å²) in [5.41, 5.74) is 6.61. The van der Waals surface area contributed by atoms with E-state index in [1.807, 2.05) is 47.2 Å². The first kappa shape index (κ1) is 31.0. The number of carbonyl (C=O) groups is 1. The number of benzene rings is 3. The lowest BCUT2D eigenvalue weighted by atomic mass is 9.83. The fourth-order valence-corrected chi connectivity index (χ4v) is 7.74. The minimum absolute atomic E-state index is 0.0149. The molecule has 3 aromatic carbocycles. The molecule has 3 atom stereocenters. The number of hydrogen-bond donors (Lipinski definition) is 1. The van der Waals surface area contributed by atoms with Crippen molar-refractivity contribution in [2.75, 3.05) is 17.1 Å². The molecule has 5 rings (SSSR count). The maximum atomic E-state index is 14.0. The van der Waals surface area contributed by atoms with E-state index in [1.165, 1.54) is 15.4 Å². The van der Waals surface area contributed by atoms with Gasteiger partial charge in [-0.15, -0.1) is 0 Å². The molecule has 4 aromatic rings. The summed E-state index contributed by atoms with van der Waals surface area (Å²) in [4.78, 5) is 14.0. The van der Waals surface area contributed by atoms with Crippen LogP contribution in [-0.2, 0) is 29.4 Å². The lowest BCUT2D eigenvalue weighted by Gasteiger charge is -2.25. The number of anilines is 1. The van der Waals surface area contributed by atoms with E-state index in [9.17, 15) is 18.3 Å². The van der Waals surface area contributed by atoms with Gasteiger partial charge in [-0.1, -0.05) is 74.0 Å². The lowest BCUT2D eigenvalue weighted by Crippen LogP contribution is -2.29. The van der Waals surface area contributed by atoms with Crippen LogP contribution in [0.15, 0.2) is 72.9 Å². The van der Waals surface area contributed by atoms with E-state index >= 15 is 0 Å². The molecule has 0 unspecified atom stereocenters. The number of aliphatic hydroxyl groups excluding tert-OH is 1. The Morgan fingerprint density at radius 1 is 1.00 bits per heavy atom. The molecule has 228 valence electrons. The Morgan fingerprint density at radius 3 is 2.47 bits per heavy atom. The quantitative estimate of drug-likeness (QED) is 0.177. The predicted octanol–water partition coefficient (Wildman–Crippen LogP) is 7.06. The molecule has 1 aliphatic heterocycles. The van der Waals surface area contributed by atoms with E-state index in [2.05, 4.69) is 45.0 Å². The molecule has 1 N–H and O–H groups in total. The van der Waals surface area contributed by atoms with Crippen LogP contribution in [0.1, 0.15) is 78.1 Å². The van der Waals surface area contributed by atoms with Crippen molar-refractivity contribution < 1.29 is 18.3 Å². The summed E-state index contributed by atoms with van der Waals surface area (Å²) >= 11 is 0. The Labute approximate surface area is 256 Å². The minimum Gasteiger partial charge on any atom is -0.393 e. The van der Waals surface area contributed by atoms with Crippen molar-refractivity contribution in [3.63, 3.8) is 0 Å².